The maximum atomic E-state index is 11.7. The molecule has 9 rings (SSSR count). The van der Waals surface area contributed by atoms with Crippen molar-refractivity contribution in [1.29, 1.82) is 0 Å². The molecule has 8 aromatic rings. The summed E-state index contributed by atoms with van der Waals surface area (Å²) in [6.07, 6.45) is 5.08. The van der Waals surface area contributed by atoms with Crippen LogP contribution in [0.1, 0.15) is 72.3 Å². The Hall–Kier alpha value is -6.93. The first-order valence-corrected chi connectivity index (χ1v) is 24.8. The van der Waals surface area contributed by atoms with Crippen molar-refractivity contribution in [2.24, 2.45) is 21.1 Å². The van der Waals surface area contributed by atoms with Crippen LogP contribution in [0.2, 0.25) is 15.3 Å². The molecule has 0 radical (unpaired) electrons. The maximum absolute atomic E-state index is 11.7. The second-order valence-corrected chi connectivity index (χ2v) is 19.3. The Morgan fingerprint density at radius 1 is 0.658 bits per heavy atom. The number of nitrogens with two attached hydrogens (primary N) is 2. The minimum absolute atomic E-state index is 0.0727. The lowest BCUT2D eigenvalue weighted by Gasteiger charge is -2.32. The fourth-order valence-electron chi connectivity index (χ4n) is 6.62. The summed E-state index contributed by atoms with van der Waals surface area (Å²) in [7, 11) is 7.48. The number of ketones is 1. The largest absolute Gasteiger partial charge is 0.495 e. The van der Waals surface area contributed by atoms with Crippen molar-refractivity contribution in [3.05, 3.63) is 133 Å². The van der Waals surface area contributed by atoms with Crippen LogP contribution in [0.3, 0.4) is 0 Å². The Morgan fingerprint density at radius 3 is 1.59 bits per heavy atom. The molecule has 402 valence electrons. The summed E-state index contributed by atoms with van der Waals surface area (Å²) in [4.78, 5) is 27.3. The SMILES string of the molecule is CC(=O)c1nnc(Cl)cc1Nc1cccc(-c2cnn(C)n2)c1C.CNC(=O)c1nnc(Cl)cc1Cl.CO.Cc1c(N)cccc1-c1cnn(C)n1.Cc1c(N)cccc1B1OC(C)(C)C(C)(C)O1.Cn1ncc(Br)n1. The molecule has 7 N–H and O–H groups in total. The van der Waals surface area contributed by atoms with Crippen LogP contribution in [0.5, 0.6) is 0 Å². The van der Waals surface area contributed by atoms with Gasteiger partial charge in [0.15, 0.2) is 27.5 Å². The first kappa shape index (κ1) is 61.6. The van der Waals surface area contributed by atoms with E-state index in [0.717, 1.165) is 73.4 Å². The third-order valence-electron chi connectivity index (χ3n) is 11.5. The van der Waals surface area contributed by atoms with Crippen LogP contribution in [-0.2, 0) is 30.5 Å². The van der Waals surface area contributed by atoms with Crippen molar-refractivity contribution >= 4 is 97.8 Å². The molecule has 1 aliphatic heterocycles. The number of carbonyl (C=O) groups excluding carboxylic acids is 2. The first-order chi connectivity index (χ1) is 35.8. The lowest BCUT2D eigenvalue weighted by Crippen LogP contribution is -2.41. The molecule has 0 unspecified atom stereocenters. The summed E-state index contributed by atoms with van der Waals surface area (Å²) in [5, 5.41) is 52.0. The van der Waals surface area contributed by atoms with Crippen molar-refractivity contribution < 1.29 is 24.0 Å². The van der Waals surface area contributed by atoms with Crippen molar-refractivity contribution in [1.82, 2.24) is 70.7 Å². The van der Waals surface area contributed by atoms with Gasteiger partial charge in [-0.3, -0.25) is 9.59 Å². The second kappa shape index (κ2) is 27.7. The van der Waals surface area contributed by atoms with E-state index in [2.05, 4.69) is 105 Å². The third kappa shape index (κ3) is 16.5. The van der Waals surface area contributed by atoms with Crippen LogP contribution in [-0.4, -0.2) is 115 Å². The van der Waals surface area contributed by atoms with Gasteiger partial charge in [0.2, 0.25) is 0 Å². The van der Waals surface area contributed by atoms with Gasteiger partial charge >= 0.3 is 7.12 Å². The van der Waals surface area contributed by atoms with Crippen LogP contribution < -0.4 is 27.6 Å². The lowest BCUT2D eigenvalue weighted by atomic mass is 9.76. The number of carbonyl (C=O) groups is 2. The predicted octanol–water partition coefficient (Wildman–Crippen LogP) is 7.76. The van der Waals surface area contributed by atoms with Crippen molar-refractivity contribution in [2.45, 2.75) is 66.6 Å². The topological polar surface area (TPSA) is 293 Å². The number of aliphatic hydroxyl groups is 1. The Labute approximate surface area is 464 Å². The number of nitrogens with zero attached hydrogens (tertiary/aromatic N) is 13. The van der Waals surface area contributed by atoms with E-state index in [1.807, 2.05) is 75.4 Å². The monoisotopic (exact) mass is 1160 g/mol. The summed E-state index contributed by atoms with van der Waals surface area (Å²) < 4.78 is 12.8. The molecular weight excluding hydrogens is 1100 g/mol. The van der Waals surface area contributed by atoms with Crippen LogP contribution in [0.4, 0.5) is 22.7 Å². The van der Waals surface area contributed by atoms with E-state index in [0.29, 0.717) is 5.69 Å². The quantitative estimate of drug-likeness (QED) is 0.0578. The summed E-state index contributed by atoms with van der Waals surface area (Å²) in [6.45, 7) is 15.6. The van der Waals surface area contributed by atoms with Crippen molar-refractivity contribution in [2.75, 3.05) is 30.9 Å². The highest BCUT2D eigenvalue weighted by Gasteiger charge is 2.52. The first-order valence-electron chi connectivity index (χ1n) is 22.9. The van der Waals surface area contributed by atoms with Crippen molar-refractivity contribution in [3.63, 3.8) is 0 Å². The molecule has 76 heavy (non-hydrogen) atoms. The Bertz CT molecular complexity index is 3210. The van der Waals surface area contributed by atoms with E-state index in [1.165, 1.54) is 34.4 Å². The lowest BCUT2D eigenvalue weighted by molar-refractivity contribution is 0.00578. The molecule has 0 bridgehead atoms. The van der Waals surface area contributed by atoms with Gasteiger partial charge in [-0.2, -0.15) is 39.9 Å². The van der Waals surface area contributed by atoms with Crippen LogP contribution in [0.25, 0.3) is 22.5 Å². The average molecular weight is 1160 g/mol. The Balaban J connectivity index is 0.000000213. The molecule has 5 aromatic heterocycles. The molecule has 0 saturated carbocycles. The molecule has 1 amide bonds. The number of hydrogen-bond donors (Lipinski definition) is 5. The van der Waals surface area contributed by atoms with E-state index in [4.69, 9.17) is 60.7 Å². The number of nitrogen functional groups attached to an aromatic ring is 2. The number of aryl methyl sites for hydroxylation is 3. The zero-order chi connectivity index (χ0) is 56.7. The number of aliphatic hydroxyl groups excluding tert-OH is 1. The van der Waals surface area contributed by atoms with Gasteiger partial charge in [-0.25, -0.2) is 0 Å². The van der Waals surface area contributed by atoms with E-state index in [1.54, 1.807) is 45.8 Å². The highest BCUT2D eigenvalue weighted by atomic mass is 79.9. The minimum Gasteiger partial charge on any atom is -0.400 e. The highest BCUT2D eigenvalue weighted by Crippen LogP contribution is 2.37. The van der Waals surface area contributed by atoms with E-state index < -0.39 is 0 Å². The van der Waals surface area contributed by atoms with Gasteiger partial charge < -0.3 is 36.5 Å². The molecule has 0 spiro atoms. The second-order valence-electron chi connectivity index (χ2n) is 17.3. The van der Waals surface area contributed by atoms with Gasteiger partial charge in [-0.05, 0) is 111 Å². The number of benzene rings is 3. The fourth-order valence-corrected chi connectivity index (χ4v) is 7.52. The van der Waals surface area contributed by atoms with E-state index >= 15 is 0 Å². The number of anilines is 4. The number of nitrogens with one attached hydrogen (secondary N) is 2. The number of aromatic nitrogens is 13. The van der Waals surface area contributed by atoms with Crippen LogP contribution in [0.15, 0.2) is 89.9 Å². The zero-order valence-corrected chi connectivity index (χ0v) is 48.1. The molecule has 27 heteroatoms. The molecule has 0 aliphatic carbocycles. The zero-order valence-electron chi connectivity index (χ0n) is 44.2. The van der Waals surface area contributed by atoms with Gasteiger partial charge in [-0.1, -0.05) is 71.2 Å². The summed E-state index contributed by atoms with van der Waals surface area (Å²) in [5.74, 6) is -0.575. The van der Waals surface area contributed by atoms with Gasteiger partial charge in [-0.15, -0.1) is 25.5 Å². The van der Waals surface area contributed by atoms with E-state index in [-0.39, 0.29) is 56.7 Å². The van der Waals surface area contributed by atoms with Crippen molar-refractivity contribution in [3.8, 4) is 22.5 Å². The molecule has 3 aromatic carbocycles. The number of rotatable bonds is 7. The number of Topliss-reactive ketones (excluding diaryl/α,β-unsaturated/α-hetero) is 1. The van der Waals surface area contributed by atoms with Crippen LogP contribution in [0, 0.1) is 20.8 Å². The number of halogens is 4. The predicted molar refractivity (Wildman–Crippen MR) is 301 cm³/mol. The molecule has 1 aliphatic rings. The fraction of sp³-hybridized carbons (Fsp3) is 0.306. The van der Waals surface area contributed by atoms with Gasteiger partial charge in [0, 0.05) is 76.5 Å². The highest BCUT2D eigenvalue weighted by molar-refractivity contribution is 9.10. The molecule has 0 atom stereocenters. The summed E-state index contributed by atoms with van der Waals surface area (Å²) in [5.41, 5.74) is 22.0. The molecular formula is C49H60BBrCl3N17O5. The van der Waals surface area contributed by atoms with Gasteiger partial charge in [0.1, 0.15) is 16.0 Å². The van der Waals surface area contributed by atoms with Gasteiger partial charge in [0.25, 0.3) is 5.91 Å². The molecule has 22 nitrogen and oxygen atoms in total. The van der Waals surface area contributed by atoms with Crippen LogP contribution >= 0.6 is 50.7 Å². The smallest absolute Gasteiger partial charge is 0.400 e. The Morgan fingerprint density at radius 2 is 1.13 bits per heavy atom. The number of amides is 1. The number of hydrogen-bond acceptors (Lipinski definition) is 18. The maximum Gasteiger partial charge on any atom is 0.495 e. The third-order valence-corrected chi connectivity index (χ3v) is 12.5. The molecule has 1 saturated heterocycles. The minimum atomic E-state index is -0.385. The summed E-state index contributed by atoms with van der Waals surface area (Å²) in [6, 6.07) is 20.4. The normalized spacial score (nSPS) is 12.6. The average Bonchev–Trinajstić information content (AvgIpc) is 4.15. The van der Waals surface area contributed by atoms with Gasteiger partial charge in [0.05, 0.1) is 40.5 Å². The molecule has 6 heterocycles. The molecule has 1 fully saturated rings. The Kier molecular flexibility index (Phi) is 22.5. The summed E-state index contributed by atoms with van der Waals surface area (Å²) >= 11 is 20.2. The van der Waals surface area contributed by atoms with E-state index in [9.17, 15) is 9.59 Å². The standard InChI is InChI=1S/C16H15ClN6O.C13H20BNO2.C10H12N4.C6H5Cl2N3O.C3H4BrN3.CH4O/c1-9-11(14-8-18-23(3)22-14)5-4-6-12(9)19-13-7-15(17)20-21-16(13)10(2)24;1-9-10(7-6-8-11(9)15)14-16-12(2,3)13(4,5)17-14;1-7-8(4-3-5-9(7)11)10-6-12-14(2)13-10;1-9-6(12)5-3(7)2-4(8)10-11-5;1-7-5-2-3(4)6-7;1-2/h4-8H,1-3H3,(H,19,20);6-8H,15H2,1-5H3;3-6H,11H2,1-2H3;2H,1H3,(H,9,12);2H,1H3;2H,1H3.